The van der Waals surface area contributed by atoms with E-state index in [4.69, 9.17) is 9.26 Å². The smallest absolute Gasteiger partial charge is 0.292 e. The Morgan fingerprint density at radius 2 is 2.00 bits per heavy atom. The molecule has 0 saturated carbocycles. The van der Waals surface area contributed by atoms with Gasteiger partial charge in [0.1, 0.15) is 0 Å². The first-order valence-electron chi connectivity index (χ1n) is 7.18. The minimum atomic E-state index is -0.0889. The molecule has 1 aliphatic rings. The first-order valence-corrected chi connectivity index (χ1v) is 7.18. The van der Waals surface area contributed by atoms with Gasteiger partial charge in [0.05, 0.1) is 18.9 Å². The van der Waals surface area contributed by atoms with E-state index in [0.717, 1.165) is 12.8 Å². The Labute approximate surface area is 123 Å². The lowest BCUT2D eigenvalue weighted by Gasteiger charge is -2.31. The molecule has 110 valence electrons. The lowest BCUT2D eigenvalue weighted by Crippen LogP contribution is -2.40. The molecule has 5 nitrogen and oxygen atoms in total. The molecule has 0 N–H and O–H groups in total. The lowest BCUT2D eigenvalue weighted by atomic mass is 10.1. The van der Waals surface area contributed by atoms with E-state index in [9.17, 15) is 4.79 Å². The van der Waals surface area contributed by atoms with Crippen LogP contribution in [0.2, 0.25) is 0 Å². The van der Waals surface area contributed by atoms with Gasteiger partial charge in [0.25, 0.3) is 5.91 Å². The van der Waals surface area contributed by atoms with Gasteiger partial charge in [0, 0.05) is 19.2 Å². The highest BCUT2D eigenvalue weighted by atomic mass is 16.5. The Hall–Kier alpha value is -2.14. The maximum Gasteiger partial charge on any atom is 0.292 e. The average molecular weight is 286 g/mol. The second-order valence-corrected chi connectivity index (χ2v) is 5.16. The molecular weight excluding hydrogens is 268 g/mol. The lowest BCUT2D eigenvalue weighted by molar-refractivity contribution is -0.00120. The van der Waals surface area contributed by atoms with E-state index in [0.29, 0.717) is 25.5 Å². The molecule has 0 unspecified atom stereocenters. The number of benzene rings is 1. The average Bonchev–Trinajstić information content (AvgIpc) is 3.08. The van der Waals surface area contributed by atoms with E-state index in [1.54, 1.807) is 11.0 Å². The molecule has 1 aromatic carbocycles. The highest BCUT2D eigenvalue weighted by Crippen LogP contribution is 2.17. The van der Waals surface area contributed by atoms with Gasteiger partial charge < -0.3 is 14.2 Å². The van der Waals surface area contributed by atoms with Crippen LogP contribution in [0.15, 0.2) is 47.1 Å². The molecule has 1 saturated heterocycles. The van der Waals surface area contributed by atoms with Crippen molar-refractivity contribution in [3.63, 3.8) is 0 Å². The summed E-state index contributed by atoms with van der Waals surface area (Å²) in [7, 11) is 0. The number of rotatable bonds is 4. The SMILES string of the molecule is O=C(c1ccno1)N1CCC(OCc2ccccc2)CC1. The van der Waals surface area contributed by atoms with Crippen LogP contribution in [0.3, 0.4) is 0 Å². The zero-order valence-corrected chi connectivity index (χ0v) is 11.8. The van der Waals surface area contributed by atoms with Crippen molar-refractivity contribution < 1.29 is 14.1 Å². The zero-order valence-electron chi connectivity index (χ0n) is 11.8. The van der Waals surface area contributed by atoms with Crippen molar-refractivity contribution in [2.24, 2.45) is 0 Å². The van der Waals surface area contributed by atoms with Gasteiger partial charge in [-0.15, -0.1) is 0 Å². The maximum absolute atomic E-state index is 12.1. The van der Waals surface area contributed by atoms with Crippen molar-refractivity contribution in [3.05, 3.63) is 53.9 Å². The van der Waals surface area contributed by atoms with Gasteiger partial charge in [-0.05, 0) is 18.4 Å². The molecule has 5 heteroatoms. The summed E-state index contributed by atoms with van der Waals surface area (Å²) in [4.78, 5) is 13.9. The van der Waals surface area contributed by atoms with Crippen LogP contribution in [0.5, 0.6) is 0 Å². The van der Waals surface area contributed by atoms with Crippen molar-refractivity contribution in [2.45, 2.75) is 25.6 Å². The number of hydrogen-bond acceptors (Lipinski definition) is 4. The summed E-state index contributed by atoms with van der Waals surface area (Å²) >= 11 is 0. The Bertz CT molecular complexity index is 560. The topological polar surface area (TPSA) is 55.6 Å². The molecule has 1 fully saturated rings. The van der Waals surface area contributed by atoms with E-state index in [2.05, 4.69) is 17.3 Å². The minimum Gasteiger partial charge on any atom is -0.373 e. The number of likely N-dealkylation sites (tertiary alicyclic amines) is 1. The van der Waals surface area contributed by atoms with E-state index >= 15 is 0 Å². The Morgan fingerprint density at radius 3 is 2.67 bits per heavy atom. The van der Waals surface area contributed by atoms with Crippen LogP contribution >= 0.6 is 0 Å². The van der Waals surface area contributed by atoms with Crippen molar-refractivity contribution in [2.75, 3.05) is 13.1 Å². The Morgan fingerprint density at radius 1 is 1.24 bits per heavy atom. The molecule has 0 bridgehead atoms. The molecule has 2 aromatic rings. The fourth-order valence-electron chi connectivity index (χ4n) is 2.50. The van der Waals surface area contributed by atoms with Gasteiger partial charge in [-0.25, -0.2) is 0 Å². The molecule has 0 aliphatic carbocycles. The van der Waals surface area contributed by atoms with Crippen LogP contribution in [-0.2, 0) is 11.3 Å². The maximum atomic E-state index is 12.1. The van der Waals surface area contributed by atoms with Crippen LogP contribution in [0.25, 0.3) is 0 Å². The van der Waals surface area contributed by atoms with Crippen molar-refractivity contribution >= 4 is 5.91 Å². The predicted molar refractivity (Wildman–Crippen MR) is 76.7 cm³/mol. The summed E-state index contributed by atoms with van der Waals surface area (Å²) in [6.45, 7) is 2.01. The summed E-state index contributed by atoms with van der Waals surface area (Å²) in [6.07, 6.45) is 3.41. The normalized spacial score (nSPS) is 16.1. The Kier molecular flexibility index (Phi) is 4.31. The highest BCUT2D eigenvalue weighted by molar-refractivity contribution is 5.91. The molecule has 2 heterocycles. The third-order valence-electron chi connectivity index (χ3n) is 3.71. The van der Waals surface area contributed by atoms with E-state index in [-0.39, 0.29) is 12.0 Å². The Balaban J connectivity index is 1.46. The second-order valence-electron chi connectivity index (χ2n) is 5.16. The van der Waals surface area contributed by atoms with Crippen LogP contribution in [0.1, 0.15) is 29.0 Å². The van der Waals surface area contributed by atoms with E-state index in [1.165, 1.54) is 11.8 Å². The number of piperidine rings is 1. The van der Waals surface area contributed by atoms with Crippen molar-refractivity contribution in [3.8, 4) is 0 Å². The number of carbonyl (C=O) groups excluding carboxylic acids is 1. The number of nitrogens with zero attached hydrogens (tertiary/aromatic N) is 2. The largest absolute Gasteiger partial charge is 0.373 e. The third kappa shape index (κ3) is 3.49. The number of aromatic nitrogens is 1. The predicted octanol–water partition coefficient (Wildman–Crippen LogP) is 2.50. The van der Waals surface area contributed by atoms with Gasteiger partial charge >= 0.3 is 0 Å². The monoisotopic (exact) mass is 286 g/mol. The number of amides is 1. The van der Waals surface area contributed by atoms with E-state index in [1.807, 2.05) is 18.2 Å². The summed E-state index contributed by atoms with van der Waals surface area (Å²) in [5, 5.41) is 3.57. The van der Waals surface area contributed by atoms with Crippen LogP contribution in [0, 0.1) is 0 Å². The number of hydrogen-bond donors (Lipinski definition) is 0. The molecule has 1 aromatic heterocycles. The van der Waals surface area contributed by atoms with Crippen LogP contribution < -0.4 is 0 Å². The molecule has 0 radical (unpaired) electrons. The summed E-state index contributed by atoms with van der Waals surface area (Å²) in [5.74, 6) is 0.215. The molecule has 21 heavy (non-hydrogen) atoms. The van der Waals surface area contributed by atoms with Gasteiger partial charge in [-0.1, -0.05) is 35.5 Å². The molecule has 1 aliphatic heterocycles. The molecular formula is C16H18N2O3. The van der Waals surface area contributed by atoms with Crippen LogP contribution in [0.4, 0.5) is 0 Å². The fourth-order valence-corrected chi connectivity index (χ4v) is 2.50. The van der Waals surface area contributed by atoms with Gasteiger partial charge in [-0.3, -0.25) is 4.79 Å². The van der Waals surface area contributed by atoms with Gasteiger partial charge in [0.2, 0.25) is 5.76 Å². The third-order valence-corrected chi connectivity index (χ3v) is 3.71. The second kappa shape index (κ2) is 6.54. The zero-order chi connectivity index (χ0) is 14.5. The first-order chi connectivity index (χ1) is 10.3. The molecule has 0 atom stereocenters. The number of carbonyl (C=O) groups is 1. The molecule has 0 spiro atoms. The van der Waals surface area contributed by atoms with E-state index < -0.39 is 0 Å². The number of ether oxygens (including phenoxy) is 1. The summed E-state index contributed by atoms with van der Waals surface area (Å²) in [5.41, 5.74) is 1.18. The quantitative estimate of drug-likeness (QED) is 0.866. The summed E-state index contributed by atoms with van der Waals surface area (Å²) < 4.78 is 10.8. The fraction of sp³-hybridized carbons (Fsp3) is 0.375. The van der Waals surface area contributed by atoms with Crippen molar-refractivity contribution in [1.82, 2.24) is 10.1 Å². The van der Waals surface area contributed by atoms with Crippen LogP contribution in [-0.4, -0.2) is 35.2 Å². The molecule has 1 amide bonds. The highest BCUT2D eigenvalue weighted by Gasteiger charge is 2.25. The van der Waals surface area contributed by atoms with Gasteiger partial charge in [0.15, 0.2) is 0 Å². The minimum absolute atomic E-state index is 0.0889. The first kappa shape index (κ1) is 13.8. The summed E-state index contributed by atoms with van der Waals surface area (Å²) in [6, 6.07) is 11.7. The van der Waals surface area contributed by atoms with Gasteiger partial charge in [-0.2, -0.15) is 0 Å². The molecule has 3 rings (SSSR count). The standard InChI is InChI=1S/C16H18N2O3/c19-16(15-6-9-17-21-15)18-10-7-14(8-11-18)20-12-13-4-2-1-3-5-13/h1-6,9,14H,7-8,10-12H2. The van der Waals surface area contributed by atoms with Crippen molar-refractivity contribution in [1.29, 1.82) is 0 Å².